The molecule has 134 valence electrons. The van der Waals surface area contributed by atoms with Gasteiger partial charge in [0, 0.05) is 0 Å². The third-order valence-electron chi connectivity index (χ3n) is 4.60. The molecule has 0 saturated carbocycles. The average molecular weight is 347 g/mol. The molecule has 0 unspecified atom stereocenters. The Kier molecular flexibility index (Phi) is 5.57. The summed E-state index contributed by atoms with van der Waals surface area (Å²) in [5.74, 6) is 0.627. The van der Waals surface area contributed by atoms with Gasteiger partial charge in [-0.3, -0.25) is 4.79 Å². The molecule has 0 fully saturated rings. The Balaban J connectivity index is 1.68. The lowest BCUT2D eigenvalue weighted by Gasteiger charge is -2.21. The van der Waals surface area contributed by atoms with Crippen LogP contribution < -0.4 is 10.1 Å². The van der Waals surface area contributed by atoms with E-state index in [1.165, 1.54) is 5.56 Å². The van der Waals surface area contributed by atoms with Crippen LogP contribution in [0.2, 0.25) is 0 Å². The fourth-order valence-electron chi connectivity index (χ4n) is 2.97. The monoisotopic (exact) mass is 347 g/mol. The van der Waals surface area contributed by atoms with Crippen molar-refractivity contribution in [2.45, 2.75) is 39.3 Å². The first-order valence-electron chi connectivity index (χ1n) is 9.09. The van der Waals surface area contributed by atoms with Crippen LogP contribution >= 0.6 is 0 Å². The fraction of sp³-hybridized carbons (Fsp3) is 0.261. The highest BCUT2D eigenvalue weighted by Gasteiger charge is 2.20. The highest BCUT2D eigenvalue weighted by atomic mass is 16.5. The molecule has 0 bridgehead atoms. The van der Waals surface area contributed by atoms with E-state index in [2.05, 4.69) is 30.4 Å². The molecule has 0 saturated heterocycles. The van der Waals surface area contributed by atoms with Crippen molar-refractivity contribution >= 4 is 16.7 Å². The number of amides is 1. The van der Waals surface area contributed by atoms with Gasteiger partial charge in [-0.25, -0.2) is 0 Å². The Hall–Kier alpha value is -2.81. The van der Waals surface area contributed by atoms with Crippen molar-refractivity contribution in [1.29, 1.82) is 0 Å². The molecule has 3 aromatic rings. The van der Waals surface area contributed by atoms with Crippen molar-refractivity contribution < 1.29 is 9.53 Å². The van der Waals surface area contributed by atoms with E-state index >= 15 is 0 Å². The van der Waals surface area contributed by atoms with E-state index in [4.69, 9.17) is 4.74 Å². The van der Waals surface area contributed by atoms with Crippen molar-refractivity contribution in [2.75, 3.05) is 0 Å². The molecule has 0 aliphatic rings. The lowest BCUT2D eigenvalue weighted by Crippen LogP contribution is -2.39. The zero-order chi connectivity index (χ0) is 18.5. The van der Waals surface area contributed by atoms with Crippen molar-refractivity contribution in [3.05, 3.63) is 77.9 Å². The van der Waals surface area contributed by atoms with E-state index in [1.54, 1.807) is 0 Å². The number of hydrogen-bond donors (Lipinski definition) is 1. The summed E-state index contributed by atoms with van der Waals surface area (Å²) < 4.78 is 5.98. The largest absolute Gasteiger partial charge is 0.481 e. The Morgan fingerprint density at radius 3 is 2.38 bits per heavy atom. The zero-order valence-corrected chi connectivity index (χ0v) is 15.5. The number of rotatable bonds is 6. The standard InChI is InChI=1S/C23H25NO2/c1-4-22(23(25)24-17(3)18-11-9-16(2)10-12-18)26-21-14-13-19-7-5-6-8-20(19)15-21/h5-15,17,22H,4H2,1-3H3,(H,24,25)/t17-,22-/m0/s1. The van der Waals surface area contributed by atoms with Crippen LogP contribution in [0.1, 0.15) is 37.4 Å². The van der Waals surface area contributed by atoms with Gasteiger partial charge in [0.15, 0.2) is 6.10 Å². The summed E-state index contributed by atoms with van der Waals surface area (Å²) in [5.41, 5.74) is 2.29. The van der Waals surface area contributed by atoms with Crippen LogP contribution in [-0.2, 0) is 4.79 Å². The number of fused-ring (bicyclic) bond motifs is 1. The molecule has 0 aromatic heterocycles. The molecule has 3 aromatic carbocycles. The van der Waals surface area contributed by atoms with Gasteiger partial charge in [-0.1, -0.05) is 67.1 Å². The SMILES string of the molecule is CC[C@H](Oc1ccc2ccccc2c1)C(=O)N[C@@H](C)c1ccc(C)cc1. The minimum absolute atomic E-state index is 0.0580. The topological polar surface area (TPSA) is 38.3 Å². The van der Waals surface area contributed by atoms with Gasteiger partial charge < -0.3 is 10.1 Å². The van der Waals surface area contributed by atoms with Crippen LogP contribution in [-0.4, -0.2) is 12.0 Å². The molecule has 0 aliphatic carbocycles. The van der Waals surface area contributed by atoms with Gasteiger partial charge >= 0.3 is 0 Å². The van der Waals surface area contributed by atoms with Crippen LogP contribution in [0.4, 0.5) is 0 Å². The normalized spacial score (nSPS) is 13.2. The molecule has 3 heteroatoms. The van der Waals surface area contributed by atoms with Crippen molar-refractivity contribution in [3.8, 4) is 5.75 Å². The average Bonchev–Trinajstić information content (AvgIpc) is 2.66. The van der Waals surface area contributed by atoms with E-state index in [1.807, 2.05) is 62.4 Å². The number of nitrogens with one attached hydrogen (secondary N) is 1. The van der Waals surface area contributed by atoms with Crippen LogP contribution in [0.3, 0.4) is 0 Å². The van der Waals surface area contributed by atoms with Crippen LogP contribution in [0.15, 0.2) is 66.7 Å². The maximum absolute atomic E-state index is 12.7. The summed E-state index contributed by atoms with van der Waals surface area (Å²) in [6.45, 7) is 6.00. The van der Waals surface area contributed by atoms with Gasteiger partial charge in [-0.15, -0.1) is 0 Å². The van der Waals surface area contributed by atoms with Gasteiger partial charge in [0.25, 0.3) is 5.91 Å². The highest BCUT2D eigenvalue weighted by molar-refractivity contribution is 5.84. The molecule has 2 atom stereocenters. The maximum atomic E-state index is 12.7. The minimum atomic E-state index is -0.510. The number of carbonyl (C=O) groups excluding carboxylic acids is 1. The van der Waals surface area contributed by atoms with Gasteiger partial charge in [0.05, 0.1) is 6.04 Å². The van der Waals surface area contributed by atoms with Crippen LogP contribution in [0.5, 0.6) is 5.75 Å². The molecular formula is C23H25NO2. The molecule has 3 nitrogen and oxygen atoms in total. The number of ether oxygens (including phenoxy) is 1. The molecule has 0 heterocycles. The number of aryl methyl sites for hydroxylation is 1. The van der Waals surface area contributed by atoms with E-state index in [-0.39, 0.29) is 11.9 Å². The summed E-state index contributed by atoms with van der Waals surface area (Å²) in [5, 5.41) is 5.32. The van der Waals surface area contributed by atoms with Gasteiger partial charge in [0.2, 0.25) is 0 Å². The number of benzene rings is 3. The van der Waals surface area contributed by atoms with Crippen LogP contribution in [0, 0.1) is 6.92 Å². The highest BCUT2D eigenvalue weighted by Crippen LogP contribution is 2.22. The van der Waals surface area contributed by atoms with Gasteiger partial charge in [-0.2, -0.15) is 0 Å². The third-order valence-corrected chi connectivity index (χ3v) is 4.60. The smallest absolute Gasteiger partial charge is 0.261 e. The number of carbonyl (C=O) groups is 1. The molecule has 1 N–H and O–H groups in total. The van der Waals surface area contributed by atoms with E-state index < -0.39 is 6.10 Å². The van der Waals surface area contributed by atoms with Crippen molar-refractivity contribution in [3.63, 3.8) is 0 Å². The van der Waals surface area contributed by atoms with Gasteiger partial charge in [-0.05, 0) is 48.7 Å². The second-order valence-corrected chi connectivity index (χ2v) is 6.66. The van der Waals surface area contributed by atoms with Gasteiger partial charge in [0.1, 0.15) is 5.75 Å². The summed E-state index contributed by atoms with van der Waals surface area (Å²) in [4.78, 5) is 12.7. The molecule has 0 spiro atoms. The summed E-state index contributed by atoms with van der Waals surface area (Å²) in [6.07, 6.45) is 0.100. The lowest BCUT2D eigenvalue weighted by atomic mass is 10.1. The van der Waals surface area contributed by atoms with Crippen molar-refractivity contribution in [1.82, 2.24) is 5.32 Å². The fourth-order valence-corrected chi connectivity index (χ4v) is 2.97. The first-order valence-corrected chi connectivity index (χ1v) is 9.09. The number of hydrogen-bond acceptors (Lipinski definition) is 2. The minimum Gasteiger partial charge on any atom is -0.481 e. The first kappa shape index (κ1) is 18.0. The molecular weight excluding hydrogens is 322 g/mol. The summed E-state index contributed by atoms with van der Waals surface area (Å²) >= 11 is 0. The van der Waals surface area contributed by atoms with E-state index in [0.29, 0.717) is 12.2 Å². The Morgan fingerprint density at radius 2 is 1.69 bits per heavy atom. The van der Waals surface area contributed by atoms with Crippen LogP contribution in [0.25, 0.3) is 10.8 Å². The molecule has 0 radical (unpaired) electrons. The molecule has 3 rings (SSSR count). The molecule has 26 heavy (non-hydrogen) atoms. The second-order valence-electron chi connectivity index (χ2n) is 6.66. The predicted molar refractivity (Wildman–Crippen MR) is 106 cm³/mol. The quantitative estimate of drug-likeness (QED) is 0.667. The maximum Gasteiger partial charge on any atom is 0.261 e. The Morgan fingerprint density at radius 1 is 1.00 bits per heavy atom. The Labute approximate surface area is 155 Å². The summed E-state index contributed by atoms with van der Waals surface area (Å²) in [6, 6.07) is 22.2. The lowest BCUT2D eigenvalue weighted by molar-refractivity contribution is -0.128. The van der Waals surface area contributed by atoms with E-state index in [9.17, 15) is 4.79 Å². The zero-order valence-electron chi connectivity index (χ0n) is 15.5. The third kappa shape index (κ3) is 4.23. The van der Waals surface area contributed by atoms with E-state index in [0.717, 1.165) is 16.3 Å². The predicted octanol–water partition coefficient (Wildman–Crippen LogP) is 5.18. The first-order chi connectivity index (χ1) is 12.6. The molecule has 1 amide bonds. The Bertz CT molecular complexity index is 886. The molecule has 0 aliphatic heterocycles. The summed E-state index contributed by atoms with van der Waals surface area (Å²) in [7, 11) is 0. The van der Waals surface area contributed by atoms with Crippen molar-refractivity contribution in [2.24, 2.45) is 0 Å². The second kappa shape index (κ2) is 8.05.